The molecule has 0 aromatic heterocycles. The minimum atomic E-state index is 0.109. The van der Waals surface area contributed by atoms with E-state index in [2.05, 4.69) is 53.4 Å². The van der Waals surface area contributed by atoms with Gasteiger partial charge in [-0.25, -0.2) is 0 Å². The Morgan fingerprint density at radius 2 is 1.37 bits per heavy atom. The van der Waals surface area contributed by atoms with Crippen molar-refractivity contribution in [1.29, 1.82) is 0 Å². The second-order valence-electron chi connectivity index (χ2n) is 12.0. The summed E-state index contributed by atoms with van der Waals surface area (Å²) in [6, 6.07) is 24.6. The minimum absolute atomic E-state index is 0.109. The Morgan fingerprint density at radius 3 is 2.07 bits per heavy atom. The van der Waals surface area contributed by atoms with Crippen LogP contribution < -0.4 is 9.47 Å². The highest BCUT2D eigenvalue weighted by Gasteiger charge is 2.33. The van der Waals surface area contributed by atoms with Crippen molar-refractivity contribution in [3.8, 4) is 17.2 Å². The van der Waals surface area contributed by atoms with Gasteiger partial charge in [0.15, 0.2) is 0 Å². The van der Waals surface area contributed by atoms with E-state index in [4.69, 9.17) is 9.47 Å². The van der Waals surface area contributed by atoms with Crippen molar-refractivity contribution in [3.63, 3.8) is 0 Å². The van der Waals surface area contributed by atoms with Crippen molar-refractivity contribution in [1.82, 2.24) is 4.90 Å². The number of nitrogens with zero attached hydrogens (tertiary/aromatic N) is 1. The van der Waals surface area contributed by atoms with E-state index in [1.165, 1.54) is 101 Å². The Bertz CT molecular complexity index is 1160. The number of unbranched alkanes of at least 4 members (excludes halogenated alkanes) is 9. The highest BCUT2D eigenvalue weighted by atomic mass is 16.5. The van der Waals surface area contributed by atoms with Gasteiger partial charge in [0.25, 0.3) is 0 Å². The molecule has 0 unspecified atom stereocenters. The van der Waals surface area contributed by atoms with Crippen LogP contribution in [-0.2, 0) is 0 Å². The van der Waals surface area contributed by atoms with Gasteiger partial charge in [-0.15, -0.1) is 0 Å². The predicted molar refractivity (Wildman–Crippen MR) is 168 cm³/mol. The van der Waals surface area contributed by atoms with Gasteiger partial charge in [0.2, 0.25) is 0 Å². The molecule has 1 N–H and O–H groups in total. The third kappa shape index (κ3) is 8.75. The Morgan fingerprint density at radius 1 is 0.707 bits per heavy atom. The summed E-state index contributed by atoms with van der Waals surface area (Å²) in [5.41, 5.74) is 3.50. The lowest BCUT2D eigenvalue weighted by atomic mass is 9.76. The van der Waals surface area contributed by atoms with Gasteiger partial charge in [-0.2, -0.15) is 0 Å². The van der Waals surface area contributed by atoms with Crippen molar-refractivity contribution in [2.24, 2.45) is 0 Å². The van der Waals surface area contributed by atoms with Crippen LogP contribution in [0.4, 0.5) is 0 Å². The lowest BCUT2D eigenvalue weighted by Crippen LogP contribution is -2.25. The fraction of sp³-hybridized carbons (Fsp3) is 0.514. The van der Waals surface area contributed by atoms with Crippen molar-refractivity contribution in [3.05, 3.63) is 89.5 Å². The molecule has 2 aliphatic heterocycles. The molecule has 4 nitrogen and oxygen atoms in total. The normalized spacial score (nSPS) is 18.6. The Kier molecular flexibility index (Phi) is 11.4. The molecule has 0 aliphatic carbocycles. The summed E-state index contributed by atoms with van der Waals surface area (Å²) in [7, 11) is 0. The molecule has 2 atom stereocenters. The molecule has 5 rings (SSSR count). The van der Waals surface area contributed by atoms with E-state index in [1.54, 1.807) is 6.07 Å². The number of hydrogen-bond acceptors (Lipinski definition) is 4. The van der Waals surface area contributed by atoms with Gasteiger partial charge in [-0.05, 0) is 86.8 Å². The van der Waals surface area contributed by atoms with Gasteiger partial charge in [0.1, 0.15) is 17.2 Å². The first-order chi connectivity index (χ1) is 20.3. The van der Waals surface area contributed by atoms with E-state index >= 15 is 0 Å². The number of hydrogen-bond donors (Lipinski definition) is 1. The average molecular weight is 556 g/mol. The number of phenolic OH excluding ortho intramolecular Hbond substituents is 1. The number of fused-ring (bicyclic) bond motifs is 1. The topological polar surface area (TPSA) is 41.9 Å². The summed E-state index contributed by atoms with van der Waals surface area (Å²) < 4.78 is 12.2. The van der Waals surface area contributed by atoms with E-state index < -0.39 is 0 Å². The Hall–Kier alpha value is -2.98. The molecule has 0 radical (unpaired) electrons. The predicted octanol–water partition coefficient (Wildman–Crippen LogP) is 9.08. The smallest absolute Gasteiger partial charge is 0.123 e. The summed E-state index contributed by atoms with van der Waals surface area (Å²) in [5.74, 6) is 2.34. The molecular formula is C37H49NO3. The van der Waals surface area contributed by atoms with Crippen LogP contribution in [0.15, 0.2) is 72.8 Å². The SMILES string of the molecule is Oc1ccc2c(c1)[C@@H](c1ccc(OCCCCCCCCCCCCN3CCCC3)cc1)[C@@H](c1ccccc1)CO2. The maximum Gasteiger partial charge on any atom is 0.123 e. The maximum absolute atomic E-state index is 10.2. The lowest BCUT2D eigenvalue weighted by molar-refractivity contribution is 0.248. The standard InChI is InChI=1S/C37H49NO3/c39-32-20-23-36-34(28-32)37(35(29-41-36)30-16-10-9-11-17-30)31-18-21-33(22-19-31)40-27-15-8-6-4-2-1-3-5-7-12-24-38-25-13-14-26-38/h9-11,16-23,28,35,37,39H,1-8,12-15,24-27,29H2/t35-,37-/m1/s1. The van der Waals surface area contributed by atoms with E-state index in [-0.39, 0.29) is 17.6 Å². The fourth-order valence-electron chi connectivity index (χ4n) is 6.62. The van der Waals surface area contributed by atoms with Crippen LogP contribution in [0.5, 0.6) is 17.2 Å². The van der Waals surface area contributed by atoms with Gasteiger partial charge in [-0.1, -0.05) is 93.8 Å². The lowest BCUT2D eigenvalue weighted by Gasteiger charge is -2.34. The molecule has 4 heteroatoms. The van der Waals surface area contributed by atoms with Gasteiger partial charge in [-0.3, -0.25) is 0 Å². The number of ether oxygens (including phenoxy) is 2. The summed E-state index contributed by atoms with van der Waals surface area (Å²) >= 11 is 0. The molecule has 41 heavy (non-hydrogen) atoms. The summed E-state index contributed by atoms with van der Waals surface area (Å²) in [4.78, 5) is 2.64. The second kappa shape index (κ2) is 15.9. The van der Waals surface area contributed by atoms with E-state index in [0.717, 1.165) is 30.1 Å². The quantitative estimate of drug-likeness (QED) is 0.179. The Labute approximate surface area is 247 Å². The van der Waals surface area contributed by atoms with E-state index in [1.807, 2.05) is 18.2 Å². The van der Waals surface area contributed by atoms with Crippen LogP contribution in [0.2, 0.25) is 0 Å². The monoisotopic (exact) mass is 555 g/mol. The molecular weight excluding hydrogens is 506 g/mol. The molecule has 0 amide bonds. The fourth-order valence-corrected chi connectivity index (χ4v) is 6.62. The third-order valence-corrected chi connectivity index (χ3v) is 8.95. The number of phenols is 1. The molecule has 0 saturated carbocycles. The minimum Gasteiger partial charge on any atom is -0.508 e. The number of rotatable bonds is 16. The molecule has 1 fully saturated rings. The zero-order valence-corrected chi connectivity index (χ0v) is 24.8. The molecule has 2 aliphatic rings. The van der Waals surface area contributed by atoms with Crippen LogP contribution in [0.25, 0.3) is 0 Å². The first-order valence-corrected chi connectivity index (χ1v) is 16.2. The van der Waals surface area contributed by atoms with Crippen LogP contribution in [0.1, 0.15) is 106 Å². The summed E-state index contributed by atoms with van der Waals surface area (Å²) in [5, 5.41) is 10.2. The molecule has 3 aromatic rings. The molecule has 3 aromatic carbocycles. The number of benzene rings is 3. The highest BCUT2D eigenvalue weighted by molar-refractivity contribution is 5.51. The van der Waals surface area contributed by atoms with Crippen molar-refractivity contribution < 1.29 is 14.6 Å². The molecule has 0 spiro atoms. The van der Waals surface area contributed by atoms with E-state index in [0.29, 0.717) is 6.61 Å². The molecule has 2 heterocycles. The zero-order valence-electron chi connectivity index (χ0n) is 24.8. The largest absolute Gasteiger partial charge is 0.508 e. The van der Waals surface area contributed by atoms with Crippen molar-refractivity contribution >= 4 is 0 Å². The summed E-state index contributed by atoms with van der Waals surface area (Å²) in [6.45, 7) is 5.40. The first-order valence-electron chi connectivity index (χ1n) is 16.2. The molecule has 0 bridgehead atoms. The van der Waals surface area contributed by atoms with Crippen LogP contribution in [0, 0.1) is 0 Å². The molecule has 220 valence electrons. The van der Waals surface area contributed by atoms with Gasteiger partial charge in [0, 0.05) is 17.4 Å². The Balaban J connectivity index is 1.00. The average Bonchev–Trinajstić information content (AvgIpc) is 3.53. The van der Waals surface area contributed by atoms with Gasteiger partial charge in [0.05, 0.1) is 13.2 Å². The van der Waals surface area contributed by atoms with Gasteiger partial charge >= 0.3 is 0 Å². The second-order valence-corrected chi connectivity index (χ2v) is 12.0. The third-order valence-electron chi connectivity index (χ3n) is 8.95. The zero-order chi connectivity index (χ0) is 28.1. The number of aromatic hydroxyl groups is 1. The van der Waals surface area contributed by atoms with E-state index in [9.17, 15) is 5.11 Å². The van der Waals surface area contributed by atoms with Crippen LogP contribution >= 0.6 is 0 Å². The first kappa shape index (κ1) is 29.5. The van der Waals surface area contributed by atoms with Crippen molar-refractivity contribution in [2.75, 3.05) is 32.8 Å². The molecule has 1 saturated heterocycles. The summed E-state index contributed by atoms with van der Waals surface area (Å²) in [6.07, 6.45) is 16.3. The maximum atomic E-state index is 10.2. The van der Waals surface area contributed by atoms with Crippen molar-refractivity contribution in [2.45, 2.75) is 88.9 Å². The van der Waals surface area contributed by atoms with Gasteiger partial charge < -0.3 is 19.5 Å². The van der Waals surface area contributed by atoms with Crippen LogP contribution in [-0.4, -0.2) is 42.9 Å². The van der Waals surface area contributed by atoms with Crippen LogP contribution in [0.3, 0.4) is 0 Å². The highest BCUT2D eigenvalue weighted by Crippen LogP contribution is 2.47. The number of likely N-dealkylation sites (tertiary alicyclic amines) is 1.